The third-order valence-corrected chi connectivity index (χ3v) is 5.27. The van der Waals surface area contributed by atoms with Crippen LogP contribution < -0.4 is 5.32 Å². The van der Waals surface area contributed by atoms with Crippen LogP contribution in [-0.4, -0.2) is 35.6 Å². The first-order valence-electron chi connectivity index (χ1n) is 10.2. The van der Waals surface area contributed by atoms with Crippen molar-refractivity contribution in [2.24, 2.45) is 0 Å². The number of amides is 1. The summed E-state index contributed by atoms with van der Waals surface area (Å²) in [4.78, 5) is 28.6. The fourth-order valence-electron chi connectivity index (χ4n) is 3.67. The van der Waals surface area contributed by atoms with Crippen molar-refractivity contribution in [1.29, 1.82) is 5.26 Å². The van der Waals surface area contributed by atoms with Crippen LogP contribution in [0.2, 0.25) is 0 Å². The molecule has 4 aromatic heterocycles. The van der Waals surface area contributed by atoms with E-state index in [1.807, 2.05) is 48.8 Å². The monoisotopic (exact) mass is 434 g/mol. The molecule has 0 radical (unpaired) electrons. The van der Waals surface area contributed by atoms with Crippen molar-refractivity contribution in [3.63, 3.8) is 0 Å². The average Bonchev–Trinajstić information content (AvgIpc) is 3.53. The van der Waals surface area contributed by atoms with Gasteiger partial charge in [0, 0.05) is 41.4 Å². The summed E-state index contributed by atoms with van der Waals surface area (Å²) < 4.78 is 1.70. The van der Waals surface area contributed by atoms with Gasteiger partial charge in [-0.05, 0) is 29.8 Å². The van der Waals surface area contributed by atoms with Gasteiger partial charge >= 0.3 is 0 Å². The lowest BCUT2D eigenvalue weighted by Crippen LogP contribution is -2.15. The molecule has 0 spiro atoms. The summed E-state index contributed by atoms with van der Waals surface area (Å²) in [6, 6.07) is 14.6. The van der Waals surface area contributed by atoms with E-state index in [4.69, 9.17) is 0 Å². The Balaban J connectivity index is 1.45. The van der Waals surface area contributed by atoms with Gasteiger partial charge in [0.25, 0.3) is 5.91 Å². The molecule has 0 saturated heterocycles. The Morgan fingerprint density at radius 3 is 2.88 bits per heavy atom. The van der Waals surface area contributed by atoms with Crippen LogP contribution in [0, 0.1) is 11.3 Å². The van der Waals surface area contributed by atoms with Crippen molar-refractivity contribution >= 4 is 22.6 Å². The number of hydrogen-bond acceptors (Lipinski definition) is 6. The van der Waals surface area contributed by atoms with Crippen molar-refractivity contribution in [1.82, 2.24) is 29.7 Å². The van der Waals surface area contributed by atoms with Crippen LogP contribution in [0.1, 0.15) is 28.4 Å². The Bertz CT molecular complexity index is 1460. The molecular formula is C24H18N8O. The topological polar surface area (TPSA) is 125 Å². The van der Waals surface area contributed by atoms with E-state index in [0.717, 1.165) is 22.3 Å². The predicted octanol–water partition coefficient (Wildman–Crippen LogP) is 3.97. The van der Waals surface area contributed by atoms with Crippen LogP contribution in [-0.2, 0) is 0 Å². The highest BCUT2D eigenvalue weighted by molar-refractivity contribution is 6.04. The van der Waals surface area contributed by atoms with Gasteiger partial charge in [-0.15, -0.1) is 0 Å². The number of hydrogen-bond donors (Lipinski definition) is 2. The molecule has 0 aliphatic heterocycles. The Hall–Kier alpha value is -4.84. The largest absolute Gasteiger partial charge is 0.346 e. The van der Waals surface area contributed by atoms with Crippen molar-refractivity contribution in [2.75, 3.05) is 5.32 Å². The maximum Gasteiger partial charge on any atom is 0.257 e. The van der Waals surface area contributed by atoms with Crippen molar-refractivity contribution in [3.8, 4) is 17.3 Å². The molecule has 9 nitrogen and oxygen atoms in total. The summed E-state index contributed by atoms with van der Waals surface area (Å²) in [5, 5.41) is 17.7. The molecule has 5 rings (SSSR count). The van der Waals surface area contributed by atoms with Crippen LogP contribution in [0.5, 0.6) is 0 Å². The standard InChI is InChI=1S/C24H18N8O/c25-8-6-21(16-10-17(12-26-11-16)24(33)31-19-4-2-1-3-5-19)32-14-18(13-30-32)22-20-7-9-27-23(20)29-15-28-22/h1-5,7,9-15,21H,6H2,(H,31,33)(H,27,28,29). The fraction of sp³-hybridized carbons (Fsp3) is 0.0833. The first-order valence-corrected chi connectivity index (χ1v) is 10.2. The molecule has 0 aliphatic rings. The van der Waals surface area contributed by atoms with Crippen molar-refractivity contribution in [3.05, 3.63) is 90.9 Å². The maximum absolute atomic E-state index is 12.7. The van der Waals surface area contributed by atoms with Gasteiger partial charge < -0.3 is 10.3 Å². The minimum absolute atomic E-state index is 0.163. The van der Waals surface area contributed by atoms with Gasteiger partial charge in [-0.3, -0.25) is 14.5 Å². The number of carbonyl (C=O) groups excluding carboxylic acids is 1. The Morgan fingerprint density at radius 2 is 2.03 bits per heavy atom. The third-order valence-electron chi connectivity index (χ3n) is 5.27. The molecule has 0 aliphatic carbocycles. The number of carbonyl (C=O) groups is 1. The molecule has 4 heterocycles. The fourth-order valence-corrected chi connectivity index (χ4v) is 3.67. The second-order valence-electron chi connectivity index (χ2n) is 7.38. The first kappa shape index (κ1) is 20.1. The molecule has 9 heteroatoms. The van der Waals surface area contributed by atoms with E-state index in [9.17, 15) is 10.1 Å². The quantitative estimate of drug-likeness (QED) is 0.416. The first-order chi connectivity index (χ1) is 16.2. The van der Waals surface area contributed by atoms with E-state index in [2.05, 4.69) is 36.4 Å². The van der Waals surface area contributed by atoms with Gasteiger partial charge in [0.2, 0.25) is 0 Å². The number of nitriles is 1. The van der Waals surface area contributed by atoms with E-state index in [-0.39, 0.29) is 12.3 Å². The zero-order valence-corrected chi connectivity index (χ0v) is 17.4. The minimum atomic E-state index is -0.413. The molecule has 0 bridgehead atoms. The number of aromatic amines is 1. The number of aromatic nitrogens is 6. The van der Waals surface area contributed by atoms with Gasteiger partial charge in [0.05, 0.1) is 36.0 Å². The molecule has 1 aromatic carbocycles. The number of para-hydroxylation sites is 1. The number of nitrogens with zero attached hydrogens (tertiary/aromatic N) is 6. The minimum Gasteiger partial charge on any atom is -0.346 e. The van der Waals surface area contributed by atoms with E-state index in [0.29, 0.717) is 16.8 Å². The van der Waals surface area contributed by atoms with E-state index >= 15 is 0 Å². The normalized spacial score (nSPS) is 11.7. The van der Waals surface area contributed by atoms with Crippen LogP contribution in [0.15, 0.2) is 79.8 Å². The summed E-state index contributed by atoms with van der Waals surface area (Å²) >= 11 is 0. The number of rotatable bonds is 6. The van der Waals surface area contributed by atoms with E-state index in [1.165, 1.54) is 12.5 Å². The summed E-state index contributed by atoms with van der Waals surface area (Å²) in [7, 11) is 0. The van der Waals surface area contributed by atoms with Crippen LogP contribution in [0.4, 0.5) is 5.69 Å². The zero-order chi connectivity index (χ0) is 22.6. The molecule has 2 N–H and O–H groups in total. The molecule has 1 atom stereocenters. The van der Waals surface area contributed by atoms with Crippen molar-refractivity contribution in [2.45, 2.75) is 12.5 Å². The summed E-state index contributed by atoms with van der Waals surface area (Å²) in [5.41, 5.74) is 4.09. The van der Waals surface area contributed by atoms with Gasteiger partial charge in [-0.1, -0.05) is 18.2 Å². The van der Waals surface area contributed by atoms with Crippen LogP contribution in [0.25, 0.3) is 22.3 Å². The molecule has 0 saturated carbocycles. The molecule has 1 amide bonds. The average molecular weight is 434 g/mol. The Labute approximate surface area is 188 Å². The summed E-state index contributed by atoms with van der Waals surface area (Å²) in [5.74, 6) is -0.275. The molecule has 160 valence electrons. The Kier molecular flexibility index (Phi) is 5.31. The van der Waals surface area contributed by atoms with E-state index < -0.39 is 6.04 Å². The second kappa shape index (κ2) is 8.72. The lowest BCUT2D eigenvalue weighted by molar-refractivity contribution is 0.102. The number of H-pyrrole nitrogens is 1. The smallest absolute Gasteiger partial charge is 0.257 e. The van der Waals surface area contributed by atoms with Crippen LogP contribution >= 0.6 is 0 Å². The van der Waals surface area contributed by atoms with Gasteiger partial charge in [0.1, 0.15) is 12.0 Å². The molecule has 0 fully saturated rings. The predicted molar refractivity (Wildman–Crippen MR) is 122 cm³/mol. The number of pyridine rings is 1. The lowest BCUT2D eigenvalue weighted by atomic mass is 10.0. The number of nitrogens with one attached hydrogen (secondary N) is 2. The van der Waals surface area contributed by atoms with Gasteiger partial charge in [0.15, 0.2) is 0 Å². The lowest BCUT2D eigenvalue weighted by Gasteiger charge is -2.15. The highest BCUT2D eigenvalue weighted by atomic mass is 16.1. The zero-order valence-electron chi connectivity index (χ0n) is 17.4. The molecule has 5 aromatic rings. The number of anilines is 1. The molecule has 1 unspecified atom stereocenters. The SMILES string of the molecule is N#CCC(c1cncc(C(=O)Nc2ccccc2)c1)n1cc(-c2ncnc3[nH]ccc23)cn1. The highest BCUT2D eigenvalue weighted by Crippen LogP contribution is 2.28. The number of benzene rings is 1. The number of fused-ring (bicyclic) bond motifs is 1. The summed E-state index contributed by atoms with van der Waals surface area (Å²) in [6.45, 7) is 0. The second-order valence-corrected chi connectivity index (χ2v) is 7.38. The van der Waals surface area contributed by atoms with E-state index in [1.54, 1.807) is 23.1 Å². The molecular weight excluding hydrogens is 416 g/mol. The van der Waals surface area contributed by atoms with Gasteiger partial charge in [-0.25, -0.2) is 9.97 Å². The highest BCUT2D eigenvalue weighted by Gasteiger charge is 2.19. The van der Waals surface area contributed by atoms with Crippen molar-refractivity contribution < 1.29 is 4.79 Å². The van der Waals surface area contributed by atoms with Crippen LogP contribution in [0.3, 0.4) is 0 Å². The summed E-state index contributed by atoms with van der Waals surface area (Å²) in [6.07, 6.45) is 10.2. The maximum atomic E-state index is 12.7. The Morgan fingerprint density at radius 1 is 1.15 bits per heavy atom. The van der Waals surface area contributed by atoms with Gasteiger partial charge in [-0.2, -0.15) is 10.4 Å². The molecule has 33 heavy (non-hydrogen) atoms. The third kappa shape index (κ3) is 4.05.